The minimum atomic E-state index is -0.165. The molecule has 0 saturated carbocycles. The van der Waals surface area contributed by atoms with Crippen LogP contribution in [-0.4, -0.2) is 57.3 Å². The van der Waals surface area contributed by atoms with Crippen LogP contribution in [0.4, 0.5) is 4.39 Å². The molecule has 0 radical (unpaired) electrons. The fraction of sp³-hybridized carbons (Fsp3) is 0.611. The number of aliphatic imine (C=N–C) groups is 1. The predicted octanol–water partition coefficient (Wildman–Crippen LogP) is 1.91. The summed E-state index contributed by atoms with van der Waals surface area (Å²) in [4.78, 5) is 6.68. The molecule has 1 fully saturated rings. The van der Waals surface area contributed by atoms with Gasteiger partial charge in [-0.2, -0.15) is 0 Å². The van der Waals surface area contributed by atoms with Crippen molar-refractivity contribution < 1.29 is 9.13 Å². The van der Waals surface area contributed by atoms with Gasteiger partial charge in [0.15, 0.2) is 5.96 Å². The smallest absolute Gasteiger partial charge is 0.191 e. The quantitative estimate of drug-likeness (QED) is 0.454. The van der Waals surface area contributed by atoms with Gasteiger partial charge in [0.05, 0.1) is 13.2 Å². The predicted molar refractivity (Wildman–Crippen MR) is 95.8 cm³/mol. The molecule has 1 saturated heterocycles. The molecule has 134 valence electrons. The van der Waals surface area contributed by atoms with Crippen molar-refractivity contribution in [3.63, 3.8) is 0 Å². The molecule has 0 spiro atoms. The van der Waals surface area contributed by atoms with E-state index in [0.717, 1.165) is 57.3 Å². The van der Waals surface area contributed by atoms with Crippen molar-refractivity contribution in [3.8, 4) is 0 Å². The zero-order chi connectivity index (χ0) is 17.2. The summed E-state index contributed by atoms with van der Waals surface area (Å²) in [5.74, 6) is 0.616. The second-order valence-corrected chi connectivity index (χ2v) is 6.10. The Morgan fingerprint density at radius 2 is 2.04 bits per heavy atom. The van der Waals surface area contributed by atoms with Crippen LogP contribution in [0.2, 0.25) is 0 Å². The largest absolute Gasteiger partial charge is 0.379 e. The third kappa shape index (κ3) is 6.45. The fourth-order valence-electron chi connectivity index (χ4n) is 2.72. The van der Waals surface area contributed by atoms with Gasteiger partial charge in [-0.1, -0.05) is 12.1 Å². The van der Waals surface area contributed by atoms with E-state index < -0.39 is 0 Å². The first-order chi connectivity index (χ1) is 11.7. The summed E-state index contributed by atoms with van der Waals surface area (Å²) in [6, 6.07) is 5.16. The van der Waals surface area contributed by atoms with Gasteiger partial charge < -0.3 is 15.4 Å². The minimum absolute atomic E-state index is 0.165. The van der Waals surface area contributed by atoms with Crippen LogP contribution in [-0.2, 0) is 11.3 Å². The maximum atomic E-state index is 13.3. The van der Waals surface area contributed by atoms with E-state index in [9.17, 15) is 4.39 Å². The number of rotatable bonds is 7. The first kappa shape index (κ1) is 18.7. The van der Waals surface area contributed by atoms with Gasteiger partial charge in [0, 0.05) is 33.2 Å². The minimum Gasteiger partial charge on any atom is -0.379 e. The van der Waals surface area contributed by atoms with Gasteiger partial charge in [-0.05, 0) is 43.5 Å². The molecule has 24 heavy (non-hydrogen) atoms. The molecule has 1 aliphatic rings. The molecular weight excluding hydrogens is 307 g/mol. The molecule has 1 aromatic carbocycles. The summed E-state index contributed by atoms with van der Waals surface area (Å²) >= 11 is 0. The second-order valence-electron chi connectivity index (χ2n) is 6.10. The number of aryl methyl sites for hydroxylation is 1. The van der Waals surface area contributed by atoms with Gasteiger partial charge in [-0.15, -0.1) is 0 Å². The van der Waals surface area contributed by atoms with E-state index in [1.54, 1.807) is 20.0 Å². The Bertz CT molecular complexity index is 530. The van der Waals surface area contributed by atoms with Gasteiger partial charge >= 0.3 is 0 Å². The van der Waals surface area contributed by atoms with Gasteiger partial charge in [0.25, 0.3) is 0 Å². The number of unbranched alkanes of at least 4 members (excludes halogenated alkanes) is 1. The number of morpholine rings is 1. The molecule has 1 aromatic rings. The molecule has 6 heteroatoms. The Balaban J connectivity index is 1.60. The summed E-state index contributed by atoms with van der Waals surface area (Å²) in [6.45, 7) is 8.25. The van der Waals surface area contributed by atoms with Gasteiger partial charge in [0.1, 0.15) is 5.82 Å². The van der Waals surface area contributed by atoms with Crippen molar-refractivity contribution in [2.75, 3.05) is 46.4 Å². The van der Waals surface area contributed by atoms with Crippen LogP contribution in [0.1, 0.15) is 24.0 Å². The highest BCUT2D eigenvalue weighted by Crippen LogP contribution is 2.08. The van der Waals surface area contributed by atoms with Gasteiger partial charge in [0.2, 0.25) is 0 Å². The zero-order valence-electron chi connectivity index (χ0n) is 14.8. The van der Waals surface area contributed by atoms with Crippen LogP contribution in [0, 0.1) is 12.7 Å². The molecule has 1 aliphatic heterocycles. The summed E-state index contributed by atoms with van der Waals surface area (Å²) in [6.07, 6.45) is 2.27. The number of nitrogens with zero attached hydrogens (tertiary/aromatic N) is 2. The Hall–Kier alpha value is -1.66. The molecule has 0 aromatic heterocycles. The lowest BCUT2D eigenvalue weighted by Gasteiger charge is -2.26. The number of hydrogen-bond donors (Lipinski definition) is 2. The first-order valence-electron chi connectivity index (χ1n) is 8.68. The van der Waals surface area contributed by atoms with Crippen molar-refractivity contribution in [1.29, 1.82) is 0 Å². The Labute approximate surface area is 144 Å². The highest BCUT2D eigenvalue weighted by Gasteiger charge is 2.09. The number of hydrogen-bond acceptors (Lipinski definition) is 3. The lowest BCUT2D eigenvalue weighted by atomic mass is 10.1. The molecular formula is C18H29FN4O. The first-order valence-corrected chi connectivity index (χ1v) is 8.68. The maximum Gasteiger partial charge on any atom is 0.191 e. The highest BCUT2D eigenvalue weighted by atomic mass is 19.1. The Kier molecular flexibility index (Phi) is 7.98. The van der Waals surface area contributed by atoms with Crippen molar-refractivity contribution in [2.45, 2.75) is 26.3 Å². The SMILES string of the molecule is CN=C(NCCCCN1CCOCC1)NCc1ccc(F)c(C)c1. The number of nitrogens with one attached hydrogen (secondary N) is 2. The normalized spacial score (nSPS) is 16.2. The lowest BCUT2D eigenvalue weighted by Crippen LogP contribution is -2.38. The van der Waals surface area contributed by atoms with E-state index in [1.165, 1.54) is 12.5 Å². The summed E-state index contributed by atoms with van der Waals surface area (Å²) in [5, 5.41) is 6.59. The van der Waals surface area contributed by atoms with E-state index in [2.05, 4.69) is 20.5 Å². The average Bonchev–Trinajstić information content (AvgIpc) is 2.61. The highest BCUT2D eigenvalue weighted by molar-refractivity contribution is 5.79. The Morgan fingerprint density at radius 3 is 2.75 bits per heavy atom. The van der Waals surface area contributed by atoms with E-state index in [1.807, 2.05) is 6.07 Å². The molecule has 1 heterocycles. The standard InChI is InChI=1S/C18H29FN4O/c1-15-13-16(5-6-17(15)19)14-22-18(20-2)21-7-3-4-8-23-9-11-24-12-10-23/h5-6,13H,3-4,7-12,14H2,1-2H3,(H2,20,21,22). The monoisotopic (exact) mass is 336 g/mol. The summed E-state index contributed by atoms with van der Waals surface area (Å²) < 4.78 is 18.6. The van der Waals surface area contributed by atoms with Crippen LogP contribution in [0.25, 0.3) is 0 Å². The molecule has 0 unspecified atom stereocenters. The average molecular weight is 336 g/mol. The van der Waals surface area contributed by atoms with Gasteiger partial charge in [-0.3, -0.25) is 9.89 Å². The van der Waals surface area contributed by atoms with Crippen molar-refractivity contribution >= 4 is 5.96 Å². The summed E-state index contributed by atoms with van der Waals surface area (Å²) in [5.41, 5.74) is 1.71. The molecule has 0 aliphatic carbocycles. The molecule has 0 amide bonds. The molecule has 2 N–H and O–H groups in total. The van der Waals surface area contributed by atoms with E-state index in [4.69, 9.17) is 4.74 Å². The topological polar surface area (TPSA) is 48.9 Å². The number of halogens is 1. The van der Waals surface area contributed by atoms with Crippen molar-refractivity contribution in [3.05, 3.63) is 35.1 Å². The summed E-state index contributed by atoms with van der Waals surface area (Å²) in [7, 11) is 1.76. The number of ether oxygens (including phenoxy) is 1. The van der Waals surface area contributed by atoms with Crippen molar-refractivity contribution in [2.24, 2.45) is 4.99 Å². The van der Waals surface area contributed by atoms with Crippen molar-refractivity contribution in [1.82, 2.24) is 15.5 Å². The number of benzene rings is 1. The van der Waals surface area contributed by atoms with E-state index in [-0.39, 0.29) is 5.82 Å². The van der Waals surface area contributed by atoms with Gasteiger partial charge in [-0.25, -0.2) is 4.39 Å². The van der Waals surface area contributed by atoms with Crippen LogP contribution in [0.15, 0.2) is 23.2 Å². The third-order valence-electron chi connectivity index (χ3n) is 4.20. The number of guanidine groups is 1. The van der Waals surface area contributed by atoms with Crippen LogP contribution < -0.4 is 10.6 Å². The lowest BCUT2D eigenvalue weighted by molar-refractivity contribution is 0.0372. The van der Waals surface area contributed by atoms with Crippen LogP contribution in [0.3, 0.4) is 0 Å². The van der Waals surface area contributed by atoms with Crippen LogP contribution >= 0.6 is 0 Å². The molecule has 0 bridgehead atoms. The Morgan fingerprint density at radius 1 is 1.25 bits per heavy atom. The van der Waals surface area contributed by atoms with E-state index in [0.29, 0.717) is 12.1 Å². The van der Waals surface area contributed by atoms with Crippen LogP contribution in [0.5, 0.6) is 0 Å². The second kappa shape index (κ2) is 10.3. The third-order valence-corrected chi connectivity index (χ3v) is 4.20. The fourth-order valence-corrected chi connectivity index (χ4v) is 2.72. The molecule has 0 atom stereocenters. The zero-order valence-corrected chi connectivity index (χ0v) is 14.8. The maximum absolute atomic E-state index is 13.3. The molecule has 2 rings (SSSR count). The molecule has 5 nitrogen and oxygen atoms in total. The van der Waals surface area contributed by atoms with E-state index >= 15 is 0 Å².